The van der Waals surface area contributed by atoms with Gasteiger partial charge >= 0.3 is 10.2 Å². The molecule has 4 nitrogen and oxygen atoms in total. The van der Waals surface area contributed by atoms with E-state index in [0.29, 0.717) is 5.56 Å². The minimum Gasteiger partial charge on any atom is -0.504 e. The average Bonchev–Trinajstić information content (AvgIpc) is 2.57. The Balaban J connectivity index is 1.98. The van der Waals surface area contributed by atoms with Crippen LogP contribution in [-0.2, 0) is 4.79 Å². The number of benzene rings is 2. The molecule has 0 aliphatic rings. The number of phenolic OH excluding ortho intramolecular Hbond substituents is 1. The molecule has 2 rings (SSSR count). The fourth-order valence-corrected chi connectivity index (χ4v) is 2.72. The first kappa shape index (κ1) is 20.6. The van der Waals surface area contributed by atoms with E-state index in [0.717, 1.165) is 12.1 Å². The molecular weight excluding hydrogens is 393 g/mol. The number of ether oxygens (including phenoxy) is 1. The van der Waals surface area contributed by atoms with Crippen molar-refractivity contribution in [2.45, 2.75) is 4.90 Å². The van der Waals surface area contributed by atoms with Crippen molar-refractivity contribution < 1.29 is 34.1 Å². The lowest BCUT2D eigenvalue weighted by Gasteiger charge is -2.40. The molecule has 148 valence electrons. The molecule has 27 heavy (non-hydrogen) atoms. The fourth-order valence-electron chi connectivity index (χ4n) is 2.07. The average molecular weight is 409 g/mol. The van der Waals surface area contributed by atoms with E-state index in [1.807, 2.05) is 0 Å². The molecule has 0 bridgehead atoms. The lowest BCUT2D eigenvalue weighted by atomic mass is 10.1. The molecular formula is C17H16F5NO3S. The van der Waals surface area contributed by atoms with Crippen molar-refractivity contribution in [2.24, 2.45) is 0 Å². The van der Waals surface area contributed by atoms with Gasteiger partial charge in [-0.05, 0) is 48.0 Å². The van der Waals surface area contributed by atoms with E-state index in [-0.39, 0.29) is 35.9 Å². The van der Waals surface area contributed by atoms with Gasteiger partial charge in [-0.25, -0.2) is 0 Å². The van der Waals surface area contributed by atoms with Gasteiger partial charge in [-0.3, -0.25) is 4.79 Å². The normalized spacial score (nSPS) is 14.4. The maximum absolute atomic E-state index is 12.6. The molecule has 0 amide bonds. The predicted molar refractivity (Wildman–Crippen MR) is 95.0 cm³/mol. The number of carbonyl (C=O) groups excluding carboxylic acids is 1. The summed E-state index contributed by atoms with van der Waals surface area (Å²) in [4.78, 5) is 9.82. The van der Waals surface area contributed by atoms with Crippen molar-refractivity contribution >= 4 is 27.8 Å². The van der Waals surface area contributed by atoms with Crippen LogP contribution in [0.5, 0.6) is 11.5 Å². The van der Waals surface area contributed by atoms with Crippen LogP contribution >= 0.6 is 10.2 Å². The number of hydrogen-bond acceptors (Lipinski definition) is 4. The van der Waals surface area contributed by atoms with Gasteiger partial charge in [0.2, 0.25) is 0 Å². The number of halogens is 5. The van der Waals surface area contributed by atoms with Crippen molar-refractivity contribution in [2.75, 3.05) is 19.0 Å². The van der Waals surface area contributed by atoms with E-state index in [1.165, 1.54) is 31.4 Å². The van der Waals surface area contributed by atoms with E-state index in [4.69, 9.17) is 4.74 Å². The van der Waals surface area contributed by atoms with Crippen LogP contribution in [0.2, 0.25) is 0 Å². The third-order valence-electron chi connectivity index (χ3n) is 3.43. The molecule has 0 fully saturated rings. The number of nitrogens with one attached hydrogen (secondary N) is 1. The molecule has 0 saturated carbocycles. The molecule has 0 saturated heterocycles. The molecule has 0 unspecified atom stereocenters. The maximum Gasteiger partial charge on any atom is 0.310 e. The fraction of sp³-hybridized carbons (Fsp3) is 0.118. The Labute approximate surface area is 152 Å². The first-order valence-corrected chi connectivity index (χ1v) is 9.39. The molecule has 2 aromatic rings. The standard InChI is InChI=1S/C17H16F5NO3S/c1-26-17-10-12(3-9-16(17)25)2-6-14(24)11-23-13-4-7-15(8-5-13)27(18,19,20,21)22/h2-10,23,25H,11H2,1H3/b6-2+. The van der Waals surface area contributed by atoms with Gasteiger partial charge in [0.25, 0.3) is 0 Å². The second-order valence-electron chi connectivity index (χ2n) is 5.58. The Morgan fingerprint density at radius 3 is 2.30 bits per heavy atom. The lowest BCUT2D eigenvalue weighted by Crippen LogP contribution is -2.11. The number of anilines is 1. The van der Waals surface area contributed by atoms with Crippen LogP contribution in [0.1, 0.15) is 5.56 Å². The Morgan fingerprint density at radius 1 is 1.11 bits per heavy atom. The number of carbonyl (C=O) groups is 1. The molecule has 2 N–H and O–H groups in total. The summed E-state index contributed by atoms with van der Waals surface area (Å²) in [5.74, 6) is -0.233. The van der Waals surface area contributed by atoms with Crippen LogP contribution in [0.3, 0.4) is 0 Å². The summed E-state index contributed by atoms with van der Waals surface area (Å²) in [5.41, 5.74) is 0.673. The number of hydrogen-bond donors (Lipinski definition) is 2. The van der Waals surface area contributed by atoms with Crippen LogP contribution in [0.15, 0.2) is 53.4 Å². The van der Waals surface area contributed by atoms with Gasteiger partial charge in [-0.1, -0.05) is 31.6 Å². The zero-order valence-electron chi connectivity index (χ0n) is 14.0. The summed E-state index contributed by atoms with van der Waals surface area (Å²) in [7, 11) is -8.33. The third-order valence-corrected chi connectivity index (χ3v) is 4.59. The molecule has 10 heteroatoms. The van der Waals surface area contributed by atoms with E-state index >= 15 is 0 Å². The van der Waals surface area contributed by atoms with Crippen molar-refractivity contribution in [1.29, 1.82) is 0 Å². The van der Waals surface area contributed by atoms with Crippen molar-refractivity contribution in [3.8, 4) is 11.5 Å². The quantitative estimate of drug-likeness (QED) is 0.451. The molecule has 0 spiro atoms. The summed E-state index contributed by atoms with van der Waals surface area (Å²) in [6, 6.07) is 6.64. The van der Waals surface area contributed by atoms with Crippen LogP contribution in [0, 0.1) is 0 Å². The summed E-state index contributed by atoms with van der Waals surface area (Å²) in [6.45, 7) is -0.249. The first-order valence-electron chi connectivity index (χ1n) is 7.44. The van der Waals surface area contributed by atoms with Gasteiger partial charge in [0.1, 0.15) is 4.90 Å². The van der Waals surface area contributed by atoms with Crippen molar-refractivity contribution in [3.63, 3.8) is 0 Å². The summed E-state index contributed by atoms with van der Waals surface area (Å²) in [5, 5.41) is 12.0. The molecule has 0 aliphatic carbocycles. The second kappa shape index (κ2) is 6.45. The third kappa shape index (κ3) is 5.88. The minimum absolute atomic E-state index is 0.0577. The zero-order valence-corrected chi connectivity index (χ0v) is 14.8. The molecule has 2 aromatic carbocycles. The second-order valence-corrected chi connectivity index (χ2v) is 7.99. The number of ketones is 1. The van der Waals surface area contributed by atoms with Gasteiger partial charge in [0.05, 0.1) is 13.7 Å². The maximum atomic E-state index is 12.6. The Morgan fingerprint density at radius 2 is 1.74 bits per heavy atom. The highest BCUT2D eigenvalue weighted by Crippen LogP contribution is 3.02. The summed E-state index contributed by atoms with van der Waals surface area (Å²) >= 11 is 0. The van der Waals surface area contributed by atoms with Crippen LogP contribution < -0.4 is 10.1 Å². The van der Waals surface area contributed by atoms with E-state index in [1.54, 1.807) is 6.07 Å². The number of aromatic hydroxyl groups is 1. The van der Waals surface area contributed by atoms with Gasteiger partial charge < -0.3 is 15.2 Å². The largest absolute Gasteiger partial charge is 0.504 e. The Hall–Kier alpha value is -2.75. The molecule has 0 aromatic heterocycles. The molecule has 0 aliphatic heterocycles. The monoisotopic (exact) mass is 409 g/mol. The van der Waals surface area contributed by atoms with E-state index in [2.05, 4.69) is 5.32 Å². The molecule has 0 heterocycles. The number of phenols is 1. The van der Waals surface area contributed by atoms with Crippen LogP contribution in [0.25, 0.3) is 6.08 Å². The predicted octanol–water partition coefficient (Wildman–Crippen LogP) is 5.75. The highest BCUT2D eigenvalue weighted by atomic mass is 32.5. The highest BCUT2D eigenvalue weighted by molar-refractivity contribution is 8.45. The Bertz CT molecular complexity index is 880. The summed E-state index contributed by atoms with van der Waals surface area (Å²) in [6.07, 6.45) is 2.69. The van der Waals surface area contributed by atoms with E-state index < -0.39 is 20.9 Å². The molecule has 0 radical (unpaired) electrons. The SMILES string of the molecule is COc1cc(/C=C/C(=O)CNc2ccc(S(F)(F)(F)(F)F)cc2)ccc1O. The van der Waals surface area contributed by atoms with Crippen LogP contribution in [-0.4, -0.2) is 24.5 Å². The highest BCUT2D eigenvalue weighted by Gasteiger charge is 2.65. The van der Waals surface area contributed by atoms with Crippen molar-refractivity contribution in [1.82, 2.24) is 0 Å². The van der Waals surface area contributed by atoms with Gasteiger partial charge in [0, 0.05) is 5.69 Å². The molecule has 0 atom stereocenters. The Kier molecular flexibility index (Phi) is 4.91. The minimum atomic E-state index is -9.70. The van der Waals surface area contributed by atoms with Gasteiger partial charge in [-0.15, -0.1) is 0 Å². The topological polar surface area (TPSA) is 58.6 Å². The number of rotatable bonds is 7. The van der Waals surface area contributed by atoms with E-state index in [9.17, 15) is 29.3 Å². The zero-order chi connectivity index (χ0) is 20.4. The van der Waals surface area contributed by atoms with Gasteiger partial charge in [-0.2, -0.15) is 0 Å². The van der Waals surface area contributed by atoms with Gasteiger partial charge in [0.15, 0.2) is 17.3 Å². The first-order chi connectivity index (χ1) is 12.3. The smallest absolute Gasteiger partial charge is 0.310 e. The summed E-state index contributed by atoms with van der Waals surface area (Å²) < 4.78 is 68.1. The van der Waals surface area contributed by atoms with Crippen LogP contribution in [0.4, 0.5) is 25.1 Å². The lowest BCUT2D eigenvalue weighted by molar-refractivity contribution is -0.113. The van der Waals surface area contributed by atoms with Crippen molar-refractivity contribution in [3.05, 3.63) is 54.1 Å². The number of methoxy groups -OCH3 is 1.